The lowest BCUT2D eigenvalue weighted by Crippen LogP contribution is -2.28. The Morgan fingerprint density at radius 1 is 1.14 bits per heavy atom. The summed E-state index contributed by atoms with van der Waals surface area (Å²) in [6.07, 6.45) is 0.115. The zero-order chi connectivity index (χ0) is 20.1. The van der Waals surface area contributed by atoms with Gasteiger partial charge in [0.05, 0.1) is 5.92 Å². The number of hydrogen-bond donors (Lipinski definition) is 1. The van der Waals surface area contributed by atoms with Gasteiger partial charge in [0.15, 0.2) is 6.61 Å². The third-order valence-corrected chi connectivity index (χ3v) is 4.77. The molecule has 0 aromatic heterocycles. The van der Waals surface area contributed by atoms with Crippen molar-refractivity contribution in [1.82, 2.24) is 4.90 Å². The summed E-state index contributed by atoms with van der Waals surface area (Å²) in [5, 5.41) is 2.74. The number of likely N-dealkylation sites (tertiary alicyclic amines) is 1. The number of benzene rings is 2. The van der Waals surface area contributed by atoms with Crippen molar-refractivity contribution in [2.24, 2.45) is 5.92 Å². The molecule has 1 N–H and O–H groups in total. The molecule has 1 fully saturated rings. The van der Waals surface area contributed by atoms with Crippen molar-refractivity contribution in [1.29, 1.82) is 0 Å². The fourth-order valence-corrected chi connectivity index (χ4v) is 3.28. The Kier molecular flexibility index (Phi) is 6.09. The molecule has 1 aliphatic rings. The van der Waals surface area contributed by atoms with Crippen LogP contribution >= 0.6 is 0 Å². The van der Waals surface area contributed by atoms with E-state index in [2.05, 4.69) is 5.32 Å². The van der Waals surface area contributed by atoms with Gasteiger partial charge in [-0.3, -0.25) is 14.4 Å². The average molecular weight is 380 g/mol. The average Bonchev–Trinajstić information content (AvgIpc) is 3.03. The maximum atomic E-state index is 12.3. The SMILES string of the molecule is Cc1ccc(NC(=O)COC(=O)[C@@H]2CC(=O)N(Cc3ccccc3)C2)c(C)c1. The van der Waals surface area contributed by atoms with Crippen molar-refractivity contribution in [3.8, 4) is 0 Å². The van der Waals surface area contributed by atoms with E-state index in [-0.39, 0.29) is 18.9 Å². The number of carbonyl (C=O) groups excluding carboxylic acids is 3. The molecule has 0 saturated carbocycles. The second-order valence-corrected chi connectivity index (χ2v) is 7.14. The quantitative estimate of drug-likeness (QED) is 0.782. The van der Waals surface area contributed by atoms with E-state index < -0.39 is 17.8 Å². The summed E-state index contributed by atoms with van der Waals surface area (Å²) in [5.41, 5.74) is 3.75. The lowest BCUT2D eigenvalue weighted by molar-refractivity contribution is -0.151. The molecule has 6 nitrogen and oxygen atoms in total. The minimum absolute atomic E-state index is 0.0782. The van der Waals surface area contributed by atoms with Crippen molar-refractivity contribution in [2.45, 2.75) is 26.8 Å². The van der Waals surface area contributed by atoms with Crippen LogP contribution in [-0.4, -0.2) is 35.8 Å². The molecule has 1 heterocycles. The fourth-order valence-electron chi connectivity index (χ4n) is 3.28. The highest BCUT2D eigenvalue weighted by atomic mass is 16.5. The van der Waals surface area contributed by atoms with Gasteiger partial charge in [-0.15, -0.1) is 0 Å². The number of ether oxygens (including phenoxy) is 1. The lowest BCUT2D eigenvalue weighted by atomic mass is 10.1. The van der Waals surface area contributed by atoms with Gasteiger partial charge in [-0.05, 0) is 31.0 Å². The van der Waals surface area contributed by atoms with Crippen LogP contribution in [-0.2, 0) is 25.7 Å². The number of aryl methyl sites for hydroxylation is 2. The second kappa shape index (κ2) is 8.69. The highest BCUT2D eigenvalue weighted by Gasteiger charge is 2.35. The number of carbonyl (C=O) groups is 3. The van der Waals surface area contributed by atoms with Gasteiger partial charge < -0.3 is 15.0 Å². The van der Waals surface area contributed by atoms with Gasteiger partial charge >= 0.3 is 5.97 Å². The molecule has 2 aromatic carbocycles. The van der Waals surface area contributed by atoms with E-state index >= 15 is 0 Å². The molecule has 0 bridgehead atoms. The van der Waals surface area contributed by atoms with E-state index in [9.17, 15) is 14.4 Å². The topological polar surface area (TPSA) is 75.7 Å². The molecule has 28 heavy (non-hydrogen) atoms. The molecule has 0 aliphatic carbocycles. The highest BCUT2D eigenvalue weighted by molar-refractivity contribution is 5.94. The first-order chi connectivity index (χ1) is 13.4. The minimum Gasteiger partial charge on any atom is -0.455 e. The first kappa shape index (κ1) is 19.6. The molecule has 6 heteroatoms. The van der Waals surface area contributed by atoms with Gasteiger partial charge in [-0.2, -0.15) is 0 Å². The van der Waals surface area contributed by atoms with Crippen LogP contribution in [0.5, 0.6) is 0 Å². The first-order valence-corrected chi connectivity index (χ1v) is 9.28. The number of rotatable bonds is 6. The smallest absolute Gasteiger partial charge is 0.311 e. The van der Waals surface area contributed by atoms with E-state index in [0.717, 1.165) is 16.7 Å². The Morgan fingerprint density at radius 3 is 2.61 bits per heavy atom. The number of amides is 2. The zero-order valence-electron chi connectivity index (χ0n) is 16.1. The summed E-state index contributed by atoms with van der Waals surface area (Å²) in [5.74, 6) is -1.53. The fraction of sp³-hybridized carbons (Fsp3) is 0.318. The monoisotopic (exact) mass is 380 g/mol. The second-order valence-electron chi connectivity index (χ2n) is 7.14. The third kappa shape index (κ3) is 4.97. The predicted octanol–water partition coefficient (Wildman–Crippen LogP) is 2.83. The van der Waals surface area contributed by atoms with E-state index in [0.29, 0.717) is 18.8 Å². The number of esters is 1. The van der Waals surface area contributed by atoms with Gasteiger partial charge in [-0.1, -0.05) is 48.0 Å². The third-order valence-electron chi connectivity index (χ3n) is 4.77. The van der Waals surface area contributed by atoms with Crippen molar-refractivity contribution in [3.63, 3.8) is 0 Å². The van der Waals surface area contributed by atoms with Crippen LogP contribution in [0, 0.1) is 19.8 Å². The lowest BCUT2D eigenvalue weighted by Gasteiger charge is -2.16. The molecule has 2 aromatic rings. The standard InChI is InChI=1S/C22H24N2O4/c1-15-8-9-19(16(2)10-15)23-20(25)14-28-22(27)18-11-21(26)24(13-18)12-17-6-4-3-5-7-17/h3-10,18H,11-14H2,1-2H3,(H,23,25)/t18-/m1/s1. The van der Waals surface area contributed by atoms with Gasteiger partial charge in [0, 0.05) is 25.2 Å². The Morgan fingerprint density at radius 2 is 1.89 bits per heavy atom. The molecule has 146 valence electrons. The Labute approximate surface area is 164 Å². The van der Waals surface area contributed by atoms with Crippen LogP contribution in [0.2, 0.25) is 0 Å². The molecule has 0 spiro atoms. The number of nitrogens with zero attached hydrogens (tertiary/aromatic N) is 1. The van der Waals surface area contributed by atoms with Crippen LogP contribution in [0.15, 0.2) is 48.5 Å². The summed E-state index contributed by atoms with van der Waals surface area (Å²) < 4.78 is 5.14. The van der Waals surface area contributed by atoms with E-state index in [1.807, 2.05) is 62.4 Å². The summed E-state index contributed by atoms with van der Waals surface area (Å²) in [6.45, 7) is 4.29. The van der Waals surface area contributed by atoms with Crippen LogP contribution in [0.25, 0.3) is 0 Å². The molecule has 3 rings (SSSR count). The van der Waals surface area contributed by atoms with Crippen molar-refractivity contribution in [2.75, 3.05) is 18.5 Å². The number of anilines is 1. The summed E-state index contributed by atoms with van der Waals surface area (Å²) in [6, 6.07) is 15.3. The predicted molar refractivity (Wildman–Crippen MR) is 105 cm³/mol. The summed E-state index contributed by atoms with van der Waals surface area (Å²) in [7, 11) is 0. The Balaban J connectivity index is 1.48. The molecule has 1 saturated heterocycles. The minimum atomic E-state index is -0.537. The molecule has 1 atom stereocenters. The van der Waals surface area contributed by atoms with Crippen molar-refractivity contribution < 1.29 is 19.1 Å². The van der Waals surface area contributed by atoms with Gasteiger partial charge in [0.2, 0.25) is 5.91 Å². The summed E-state index contributed by atoms with van der Waals surface area (Å²) >= 11 is 0. The van der Waals surface area contributed by atoms with Crippen molar-refractivity contribution >= 4 is 23.5 Å². The maximum Gasteiger partial charge on any atom is 0.311 e. The maximum absolute atomic E-state index is 12.3. The van der Waals surface area contributed by atoms with Crippen LogP contribution in [0.3, 0.4) is 0 Å². The zero-order valence-corrected chi connectivity index (χ0v) is 16.1. The van der Waals surface area contributed by atoms with Gasteiger partial charge in [0.25, 0.3) is 5.91 Å². The Bertz CT molecular complexity index is 879. The van der Waals surface area contributed by atoms with E-state index in [4.69, 9.17) is 4.74 Å². The molecular formula is C22H24N2O4. The molecule has 2 amide bonds. The highest BCUT2D eigenvalue weighted by Crippen LogP contribution is 2.21. The van der Waals surface area contributed by atoms with Crippen LogP contribution in [0.1, 0.15) is 23.1 Å². The number of hydrogen-bond acceptors (Lipinski definition) is 4. The largest absolute Gasteiger partial charge is 0.455 e. The molecule has 1 aliphatic heterocycles. The van der Waals surface area contributed by atoms with Crippen LogP contribution in [0.4, 0.5) is 5.69 Å². The van der Waals surface area contributed by atoms with Gasteiger partial charge in [0.1, 0.15) is 0 Å². The number of nitrogens with one attached hydrogen (secondary N) is 1. The molecular weight excluding hydrogens is 356 g/mol. The molecule has 0 radical (unpaired) electrons. The Hall–Kier alpha value is -3.15. The molecule has 0 unspecified atom stereocenters. The van der Waals surface area contributed by atoms with Gasteiger partial charge in [-0.25, -0.2) is 0 Å². The first-order valence-electron chi connectivity index (χ1n) is 9.28. The van der Waals surface area contributed by atoms with E-state index in [1.54, 1.807) is 4.90 Å². The van der Waals surface area contributed by atoms with E-state index in [1.165, 1.54) is 0 Å². The normalized spacial score (nSPS) is 16.1. The summed E-state index contributed by atoms with van der Waals surface area (Å²) in [4.78, 5) is 38.2. The van der Waals surface area contributed by atoms with Crippen LogP contribution < -0.4 is 5.32 Å². The van der Waals surface area contributed by atoms with Crippen molar-refractivity contribution in [3.05, 3.63) is 65.2 Å².